The molecule has 1 aromatic rings. The molecule has 1 aromatic carbocycles. The zero-order valence-electron chi connectivity index (χ0n) is 11.0. The molecule has 0 saturated heterocycles. The number of carboxylic acid groups (broad SMARTS) is 1. The van der Waals surface area contributed by atoms with E-state index in [0.29, 0.717) is 0 Å². The van der Waals surface area contributed by atoms with Gasteiger partial charge in [-0.05, 0) is 31.5 Å². The van der Waals surface area contributed by atoms with Crippen LogP contribution in [-0.2, 0) is 15.1 Å². The van der Waals surface area contributed by atoms with Crippen molar-refractivity contribution in [1.82, 2.24) is 4.90 Å². The highest BCUT2D eigenvalue weighted by atomic mass is 16.4. The first kappa shape index (κ1) is 14.8. The number of likely N-dealkylation sites (N-methyl/N-ethyl adjacent to an activating group) is 1. The standard InChI is InChI=1S/C13H17NO5/c1-4-14(8(2)15)13(3,12(18)19)9-5-10(16)7-11(17)6-9/h5-7,16-17H,4H2,1-3H3,(H,18,19). The second-order valence-corrected chi connectivity index (χ2v) is 4.38. The summed E-state index contributed by atoms with van der Waals surface area (Å²) in [6, 6.07) is 3.54. The van der Waals surface area contributed by atoms with Crippen molar-refractivity contribution in [2.24, 2.45) is 0 Å². The zero-order valence-corrected chi connectivity index (χ0v) is 11.0. The fourth-order valence-electron chi connectivity index (χ4n) is 2.12. The number of rotatable bonds is 4. The van der Waals surface area contributed by atoms with Crippen LogP contribution in [0.15, 0.2) is 18.2 Å². The van der Waals surface area contributed by atoms with Crippen molar-refractivity contribution in [2.45, 2.75) is 26.3 Å². The second-order valence-electron chi connectivity index (χ2n) is 4.38. The van der Waals surface area contributed by atoms with Gasteiger partial charge in [-0.15, -0.1) is 0 Å². The predicted molar refractivity (Wildman–Crippen MR) is 67.8 cm³/mol. The number of amides is 1. The molecule has 0 saturated carbocycles. The lowest BCUT2D eigenvalue weighted by atomic mass is 9.89. The van der Waals surface area contributed by atoms with Gasteiger partial charge in [-0.25, -0.2) is 4.79 Å². The van der Waals surface area contributed by atoms with Crippen LogP contribution in [0.4, 0.5) is 0 Å². The van der Waals surface area contributed by atoms with Crippen molar-refractivity contribution in [3.63, 3.8) is 0 Å². The second kappa shape index (κ2) is 5.17. The van der Waals surface area contributed by atoms with Gasteiger partial charge >= 0.3 is 5.97 Å². The lowest BCUT2D eigenvalue weighted by Crippen LogP contribution is -2.51. The number of carboxylic acids is 1. The van der Waals surface area contributed by atoms with Crippen LogP contribution in [0.5, 0.6) is 11.5 Å². The van der Waals surface area contributed by atoms with Gasteiger partial charge in [0, 0.05) is 19.5 Å². The molecule has 0 radical (unpaired) electrons. The lowest BCUT2D eigenvalue weighted by Gasteiger charge is -2.37. The molecule has 3 N–H and O–H groups in total. The van der Waals surface area contributed by atoms with Crippen LogP contribution < -0.4 is 0 Å². The Morgan fingerprint density at radius 2 is 1.68 bits per heavy atom. The fraction of sp³-hybridized carbons (Fsp3) is 0.385. The van der Waals surface area contributed by atoms with Crippen LogP contribution in [0.1, 0.15) is 26.3 Å². The van der Waals surface area contributed by atoms with E-state index in [1.165, 1.54) is 26.0 Å². The Labute approximate surface area is 110 Å². The van der Waals surface area contributed by atoms with Crippen molar-refractivity contribution in [2.75, 3.05) is 6.54 Å². The van der Waals surface area contributed by atoms with E-state index in [-0.39, 0.29) is 23.6 Å². The summed E-state index contributed by atoms with van der Waals surface area (Å²) in [7, 11) is 0. The molecular weight excluding hydrogens is 250 g/mol. The number of benzene rings is 1. The third-order valence-corrected chi connectivity index (χ3v) is 3.12. The normalized spacial score (nSPS) is 13.6. The molecule has 19 heavy (non-hydrogen) atoms. The minimum Gasteiger partial charge on any atom is -0.508 e. The summed E-state index contributed by atoms with van der Waals surface area (Å²) in [5.74, 6) is -2.17. The number of aromatic hydroxyl groups is 2. The molecule has 6 heteroatoms. The zero-order chi connectivity index (χ0) is 14.8. The molecular formula is C13H17NO5. The van der Waals surface area contributed by atoms with Gasteiger partial charge in [-0.1, -0.05) is 0 Å². The van der Waals surface area contributed by atoms with Crippen molar-refractivity contribution in [1.29, 1.82) is 0 Å². The van der Waals surface area contributed by atoms with E-state index >= 15 is 0 Å². The topological polar surface area (TPSA) is 98.1 Å². The first-order chi connectivity index (χ1) is 8.73. The number of hydrogen-bond acceptors (Lipinski definition) is 4. The Balaban J connectivity index is 3.49. The highest BCUT2D eigenvalue weighted by Gasteiger charge is 2.42. The van der Waals surface area contributed by atoms with Gasteiger partial charge in [-0.3, -0.25) is 4.79 Å². The molecule has 6 nitrogen and oxygen atoms in total. The van der Waals surface area contributed by atoms with E-state index in [2.05, 4.69) is 0 Å². The molecule has 0 aliphatic rings. The summed E-state index contributed by atoms with van der Waals surface area (Å²) < 4.78 is 0. The SMILES string of the molecule is CCN(C(C)=O)C(C)(C(=O)O)c1cc(O)cc(O)c1. The van der Waals surface area contributed by atoms with Gasteiger partial charge in [0.05, 0.1) is 0 Å². The first-order valence-electron chi connectivity index (χ1n) is 5.78. The molecule has 0 aliphatic heterocycles. The Morgan fingerprint density at radius 3 is 2.00 bits per heavy atom. The van der Waals surface area contributed by atoms with E-state index in [1.807, 2.05) is 0 Å². The van der Waals surface area contributed by atoms with Gasteiger partial charge in [0.2, 0.25) is 5.91 Å². The van der Waals surface area contributed by atoms with Crippen LogP contribution in [0.3, 0.4) is 0 Å². The molecule has 0 heterocycles. The van der Waals surface area contributed by atoms with Gasteiger partial charge in [-0.2, -0.15) is 0 Å². The molecule has 1 amide bonds. The Hall–Kier alpha value is -2.24. The fourth-order valence-corrected chi connectivity index (χ4v) is 2.12. The maximum atomic E-state index is 11.6. The largest absolute Gasteiger partial charge is 0.508 e. The third-order valence-electron chi connectivity index (χ3n) is 3.12. The average molecular weight is 267 g/mol. The maximum Gasteiger partial charge on any atom is 0.334 e. The van der Waals surface area contributed by atoms with Crippen LogP contribution in [-0.4, -0.2) is 38.6 Å². The highest BCUT2D eigenvalue weighted by Crippen LogP contribution is 2.33. The maximum absolute atomic E-state index is 11.6. The Morgan fingerprint density at radius 1 is 1.21 bits per heavy atom. The van der Waals surface area contributed by atoms with Crippen LogP contribution in [0.25, 0.3) is 0 Å². The number of carbonyl (C=O) groups excluding carboxylic acids is 1. The van der Waals surface area contributed by atoms with Crippen molar-refractivity contribution in [3.8, 4) is 11.5 Å². The predicted octanol–water partition coefficient (Wildman–Crippen LogP) is 1.27. The lowest BCUT2D eigenvalue weighted by molar-refractivity contribution is -0.158. The van der Waals surface area contributed by atoms with E-state index in [1.54, 1.807) is 6.92 Å². The van der Waals surface area contributed by atoms with E-state index in [4.69, 9.17) is 0 Å². The number of carbonyl (C=O) groups is 2. The van der Waals surface area contributed by atoms with Gasteiger partial charge in [0.15, 0.2) is 5.54 Å². The smallest absolute Gasteiger partial charge is 0.334 e. The van der Waals surface area contributed by atoms with E-state index < -0.39 is 17.4 Å². The molecule has 1 rings (SSSR count). The van der Waals surface area contributed by atoms with Crippen LogP contribution in [0.2, 0.25) is 0 Å². The number of nitrogens with zero attached hydrogens (tertiary/aromatic N) is 1. The van der Waals surface area contributed by atoms with E-state index in [9.17, 15) is 24.9 Å². The first-order valence-corrected chi connectivity index (χ1v) is 5.78. The number of phenolic OH excluding ortho intramolecular Hbond substituents is 2. The van der Waals surface area contributed by atoms with Gasteiger partial charge < -0.3 is 20.2 Å². The summed E-state index contributed by atoms with van der Waals surface area (Å²) in [6.45, 7) is 4.47. The quantitative estimate of drug-likeness (QED) is 0.763. The molecule has 0 spiro atoms. The molecule has 0 aliphatic carbocycles. The highest BCUT2D eigenvalue weighted by molar-refractivity contribution is 5.87. The summed E-state index contributed by atoms with van der Waals surface area (Å²) in [4.78, 5) is 24.4. The summed E-state index contributed by atoms with van der Waals surface area (Å²) in [5, 5.41) is 28.4. The molecule has 104 valence electrons. The number of phenols is 2. The van der Waals surface area contributed by atoms with E-state index in [0.717, 1.165) is 11.0 Å². The van der Waals surface area contributed by atoms with Crippen molar-refractivity contribution >= 4 is 11.9 Å². The minimum atomic E-state index is -1.66. The van der Waals surface area contributed by atoms with Crippen molar-refractivity contribution < 1.29 is 24.9 Å². The third kappa shape index (κ3) is 2.62. The molecule has 0 aromatic heterocycles. The molecule has 1 atom stereocenters. The van der Waals surface area contributed by atoms with Crippen LogP contribution >= 0.6 is 0 Å². The molecule has 0 bridgehead atoms. The number of hydrogen-bond donors (Lipinski definition) is 3. The van der Waals surface area contributed by atoms with Crippen molar-refractivity contribution in [3.05, 3.63) is 23.8 Å². The summed E-state index contributed by atoms with van der Waals surface area (Å²) in [5.41, 5.74) is -1.52. The molecule has 1 unspecified atom stereocenters. The monoisotopic (exact) mass is 267 g/mol. The van der Waals surface area contributed by atoms with Gasteiger partial charge in [0.25, 0.3) is 0 Å². The van der Waals surface area contributed by atoms with Crippen LogP contribution in [0, 0.1) is 0 Å². The average Bonchev–Trinajstić information content (AvgIpc) is 2.27. The summed E-state index contributed by atoms with van der Waals surface area (Å²) in [6.07, 6.45) is 0. The van der Waals surface area contributed by atoms with Gasteiger partial charge in [0.1, 0.15) is 11.5 Å². The number of aliphatic carboxylic acids is 1. The minimum absolute atomic E-state index is 0.134. The Kier molecular flexibility index (Phi) is 4.04. The Bertz CT molecular complexity index is 494. The molecule has 0 fully saturated rings. The summed E-state index contributed by atoms with van der Waals surface area (Å²) >= 11 is 0.